The molecule has 0 unspecified atom stereocenters. The van der Waals surface area contributed by atoms with Gasteiger partial charge in [-0.1, -0.05) is 0 Å². The van der Waals surface area contributed by atoms with Crippen LogP contribution in [0, 0.1) is 13.8 Å². The third kappa shape index (κ3) is 3.63. The number of amides is 1. The quantitative estimate of drug-likeness (QED) is 0.816. The van der Waals surface area contributed by atoms with E-state index in [-0.39, 0.29) is 29.1 Å². The van der Waals surface area contributed by atoms with Crippen LogP contribution in [0.2, 0.25) is 0 Å². The summed E-state index contributed by atoms with van der Waals surface area (Å²) in [5.41, 5.74) is 1.55. The minimum absolute atomic E-state index is 0.0821. The largest absolute Gasteiger partial charge is 0.378 e. The first-order valence-electron chi connectivity index (χ1n) is 8.87. The molecule has 3 rings (SSSR count). The van der Waals surface area contributed by atoms with Crippen LogP contribution >= 0.6 is 0 Å². The molecule has 2 saturated heterocycles. The number of carbonyl (C=O) groups is 1. The number of hydrogen-bond acceptors (Lipinski definition) is 5. The van der Waals surface area contributed by atoms with E-state index in [2.05, 4.69) is 22.2 Å². The van der Waals surface area contributed by atoms with E-state index < -0.39 is 0 Å². The van der Waals surface area contributed by atoms with E-state index in [0.717, 1.165) is 31.9 Å². The van der Waals surface area contributed by atoms with E-state index >= 15 is 0 Å². The molecular formula is C18H28N4O3. The minimum Gasteiger partial charge on any atom is -0.378 e. The molecular weight excluding hydrogens is 320 g/mol. The Labute approximate surface area is 148 Å². The Morgan fingerprint density at radius 2 is 1.84 bits per heavy atom. The van der Waals surface area contributed by atoms with Crippen LogP contribution in [-0.2, 0) is 11.8 Å². The number of hydrogen-bond donors (Lipinski definition) is 1. The molecule has 2 aliphatic rings. The lowest BCUT2D eigenvalue weighted by Crippen LogP contribution is -2.56. The molecule has 2 aliphatic heterocycles. The Kier molecular flexibility index (Phi) is 5.27. The van der Waals surface area contributed by atoms with Gasteiger partial charge in [0.2, 0.25) is 0 Å². The fourth-order valence-corrected chi connectivity index (χ4v) is 3.69. The summed E-state index contributed by atoms with van der Waals surface area (Å²) in [4.78, 5) is 30.0. The fourth-order valence-electron chi connectivity index (χ4n) is 3.69. The molecule has 0 bridgehead atoms. The Bertz CT molecular complexity index is 707. The molecule has 1 amide bonds. The number of likely N-dealkylation sites (N-methyl/N-ethyl adjacent to an activating group) is 1. The lowest BCUT2D eigenvalue weighted by molar-refractivity contribution is 0.0827. The molecule has 0 saturated carbocycles. The second-order valence-electron chi connectivity index (χ2n) is 7.23. The molecule has 7 heteroatoms. The van der Waals surface area contributed by atoms with E-state index in [1.807, 2.05) is 19.9 Å². The van der Waals surface area contributed by atoms with Crippen molar-refractivity contribution in [1.29, 1.82) is 0 Å². The third-order valence-corrected chi connectivity index (χ3v) is 5.47. The highest BCUT2D eigenvalue weighted by atomic mass is 16.5. The second kappa shape index (κ2) is 7.27. The summed E-state index contributed by atoms with van der Waals surface area (Å²) in [6.07, 6.45) is 0. The first kappa shape index (κ1) is 18.1. The molecule has 0 aromatic carbocycles. The van der Waals surface area contributed by atoms with Crippen molar-refractivity contribution in [1.82, 2.24) is 19.7 Å². The zero-order chi connectivity index (χ0) is 18.1. The molecule has 3 heterocycles. The van der Waals surface area contributed by atoms with Crippen molar-refractivity contribution in [3.05, 3.63) is 33.2 Å². The lowest BCUT2D eigenvalue weighted by Gasteiger charge is -2.38. The number of aryl methyl sites for hydroxylation is 2. The van der Waals surface area contributed by atoms with Crippen molar-refractivity contribution in [2.24, 2.45) is 7.05 Å². The molecule has 7 nitrogen and oxygen atoms in total. The van der Waals surface area contributed by atoms with Gasteiger partial charge in [0.15, 0.2) is 0 Å². The highest BCUT2D eigenvalue weighted by Gasteiger charge is 2.35. The standard InChI is InChI=1S/C18H28N4O3/c1-12-9-13(2)21(4)18(24)16(12)17(23)19-14-10-25-11-15(14)22-7-5-20(3)6-8-22/h9,14-15H,5-8,10-11H2,1-4H3,(H,19,23)/t14-,15-/m0/s1. The van der Waals surface area contributed by atoms with Gasteiger partial charge in [-0.05, 0) is 32.5 Å². The van der Waals surface area contributed by atoms with Crippen molar-refractivity contribution in [3.8, 4) is 0 Å². The summed E-state index contributed by atoms with van der Waals surface area (Å²) in [5.74, 6) is -0.298. The molecule has 2 atom stereocenters. The number of rotatable bonds is 3. The maximum Gasteiger partial charge on any atom is 0.263 e. The van der Waals surface area contributed by atoms with Gasteiger partial charge in [-0.2, -0.15) is 0 Å². The van der Waals surface area contributed by atoms with E-state index in [9.17, 15) is 9.59 Å². The number of carbonyl (C=O) groups excluding carboxylic acids is 1. The second-order valence-corrected chi connectivity index (χ2v) is 7.23. The Morgan fingerprint density at radius 1 is 1.16 bits per heavy atom. The van der Waals surface area contributed by atoms with Crippen LogP contribution in [0.3, 0.4) is 0 Å². The van der Waals surface area contributed by atoms with Crippen LogP contribution in [0.1, 0.15) is 21.6 Å². The minimum atomic E-state index is -0.298. The Hall–Kier alpha value is -1.70. The van der Waals surface area contributed by atoms with E-state index in [1.165, 1.54) is 4.57 Å². The molecule has 1 aromatic rings. The molecule has 0 spiro atoms. The van der Waals surface area contributed by atoms with Crippen LogP contribution < -0.4 is 10.9 Å². The van der Waals surface area contributed by atoms with Gasteiger partial charge >= 0.3 is 0 Å². The number of ether oxygens (including phenoxy) is 1. The fraction of sp³-hybridized carbons (Fsp3) is 0.667. The zero-order valence-electron chi connectivity index (χ0n) is 15.5. The van der Waals surface area contributed by atoms with Crippen molar-refractivity contribution < 1.29 is 9.53 Å². The third-order valence-electron chi connectivity index (χ3n) is 5.47. The van der Waals surface area contributed by atoms with E-state index in [1.54, 1.807) is 7.05 Å². The van der Waals surface area contributed by atoms with Crippen LogP contribution in [0.25, 0.3) is 0 Å². The summed E-state index contributed by atoms with van der Waals surface area (Å²) in [5, 5.41) is 3.05. The maximum atomic E-state index is 12.8. The predicted molar refractivity (Wildman–Crippen MR) is 96.1 cm³/mol. The van der Waals surface area contributed by atoms with Crippen LogP contribution in [0.5, 0.6) is 0 Å². The van der Waals surface area contributed by atoms with Gasteiger partial charge in [0.05, 0.1) is 25.3 Å². The van der Waals surface area contributed by atoms with E-state index in [4.69, 9.17) is 4.74 Å². The topological polar surface area (TPSA) is 66.8 Å². The van der Waals surface area contributed by atoms with Gasteiger partial charge in [-0.15, -0.1) is 0 Å². The van der Waals surface area contributed by atoms with Crippen LogP contribution in [0.4, 0.5) is 0 Å². The molecule has 1 aromatic heterocycles. The van der Waals surface area contributed by atoms with Crippen molar-refractivity contribution in [3.63, 3.8) is 0 Å². The average molecular weight is 348 g/mol. The predicted octanol–water partition coefficient (Wildman–Crippen LogP) is -0.253. The molecule has 0 radical (unpaired) electrons. The van der Waals surface area contributed by atoms with Gasteiger partial charge in [-0.25, -0.2) is 0 Å². The first-order chi connectivity index (χ1) is 11.9. The first-order valence-corrected chi connectivity index (χ1v) is 8.87. The lowest BCUT2D eigenvalue weighted by atomic mass is 10.1. The number of nitrogens with one attached hydrogen (secondary N) is 1. The summed E-state index contributed by atoms with van der Waals surface area (Å²) >= 11 is 0. The smallest absolute Gasteiger partial charge is 0.263 e. The zero-order valence-corrected chi connectivity index (χ0v) is 15.5. The summed E-state index contributed by atoms with van der Waals surface area (Å²) in [6, 6.07) is 1.97. The monoisotopic (exact) mass is 348 g/mol. The SMILES string of the molecule is Cc1cc(C)n(C)c(=O)c1C(=O)N[C@H]1COC[C@@H]1N1CCN(C)CC1. The number of pyridine rings is 1. The number of piperazine rings is 1. The summed E-state index contributed by atoms with van der Waals surface area (Å²) < 4.78 is 7.16. The summed E-state index contributed by atoms with van der Waals surface area (Å²) in [7, 11) is 3.82. The maximum absolute atomic E-state index is 12.8. The molecule has 1 N–H and O–H groups in total. The molecule has 0 aliphatic carbocycles. The molecule has 138 valence electrons. The van der Waals surface area contributed by atoms with Gasteiger partial charge in [0.25, 0.3) is 11.5 Å². The van der Waals surface area contributed by atoms with Crippen molar-refractivity contribution in [2.75, 3.05) is 46.4 Å². The van der Waals surface area contributed by atoms with Crippen molar-refractivity contribution in [2.45, 2.75) is 25.9 Å². The Balaban J connectivity index is 1.74. The van der Waals surface area contributed by atoms with Crippen LogP contribution in [0.15, 0.2) is 10.9 Å². The number of aromatic nitrogens is 1. The van der Waals surface area contributed by atoms with E-state index in [0.29, 0.717) is 18.8 Å². The van der Waals surface area contributed by atoms with Gasteiger partial charge in [0.1, 0.15) is 5.56 Å². The summed E-state index contributed by atoms with van der Waals surface area (Å²) in [6.45, 7) is 8.79. The van der Waals surface area contributed by atoms with Gasteiger partial charge in [0, 0.05) is 38.9 Å². The van der Waals surface area contributed by atoms with Gasteiger partial charge in [-0.3, -0.25) is 14.5 Å². The molecule has 25 heavy (non-hydrogen) atoms. The normalized spacial score (nSPS) is 25.3. The van der Waals surface area contributed by atoms with Gasteiger partial charge < -0.3 is 19.5 Å². The van der Waals surface area contributed by atoms with Crippen molar-refractivity contribution >= 4 is 5.91 Å². The average Bonchev–Trinajstić information content (AvgIpc) is 3.01. The highest BCUT2D eigenvalue weighted by Crippen LogP contribution is 2.16. The molecule has 2 fully saturated rings. The number of nitrogens with zero attached hydrogens (tertiary/aromatic N) is 3. The van der Waals surface area contributed by atoms with Crippen LogP contribution in [-0.4, -0.2) is 78.8 Å². The Morgan fingerprint density at radius 3 is 2.52 bits per heavy atom. The highest BCUT2D eigenvalue weighted by molar-refractivity contribution is 5.95.